The molecule has 0 radical (unpaired) electrons. The Balaban J connectivity index is 1.52. The second-order valence-electron chi connectivity index (χ2n) is 12.7. The molecule has 0 aromatic rings. The van der Waals surface area contributed by atoms with Crippen molar-refractivity contribution in [2.45, 2.75) is 161 Å². The van der Waals surface area contributed by atoms with Crippen LogP contribution in [0, 0.1) is 0 Å². The number of nitrogens with one attached hydrogen (secondary N) is 2. The number of halogens is 4. The molecule has 3 N–H and O–H groups in total. The maximum Gasteiger partial charge on any atom is 0.407 e. The highest BCUT2D eigenvalue weighted by molar-refractivity contribution is 6.67. The molecule has 4 aliphatic carbocycles. The maximum absolute atomic E-state index is 16.7. The number of rotatable bonds is 6. The van der Waals surface area contributed by atoms with E-state index in [-0.39, 0.29) is 18.1 Å². The molecule has 0 unspecified atom stereocenters. The average molecular weight is 673 g/mol. The van der Waals surface area contributed by atoms with E-state index in [0.29, 0.717) is 12.8 Å². The largest absolute Gasteiger partial charge is 0.441 e. The number of carbonyl (C=O) groups is 2. The van der Waals surface area contributed by atoms with Gasteiger partial charge in [0.05, 0.1) is 0 Å². The van der Waals surface area contributed by atoms with Crippen LogP contribution in [0.5, 0.6) is 0 Å². The third-order valence-electron chi connectivity index (χ3n) is 9.83. The van der Waals surface area contributed by atoms with Gasteiger partial charge in [-0.1, -0.05) is 92.6 Å². The Morgan fingerprint density at radius 1 is 0.884 bits per heavy atom. The summed E-state index contributed by atoms with van der Waals surface area (Å²) in [6.45, 7) is 0. The molecule has 0 aromatic carbocycles. The molecule has 1 saturated heterocycles. The summed E-state index contributed by atoms with van der Waals surface area (Å²) >= 11 is 18.5. The first-order valence-electron chi connectivity index (χ1n) is 15.9. The maximum atomic E-state index is 16.7. The van der Waals surface area contributed by atoms with Gasteiger partial charge in [-0.3, -0.25) is 0 Å². The van der Waals surface area contributed by atoms with Crippen LogP contribution in [0.25, 0.3) is 0 Å². The number of alkyl halides is 4. The van der Waals surface area contributed by atoms with Crippen molar-refractivity contribution < 1.29 is 38.0 Å². The van der Waals surface area contributed by atoms with Gasteiger partial charge in [0.15, 0.2) is 12.3 Å². The number of hydrogen-bond acceptors (Lipinski definition) is 7. The summed E-state index contributed by atoms with van der Waals surface area (Å²) in [6.07, 6.45) is 4.43. The zero-order valence-corrected chi connectivity index (χ0v) is 26.9. The number of urea groups is 1. The molecule has 3 amide bonds. The zero-order chi connectivity index (χ0) is 30.8. The molecule has 5 aliphatic rings. The second-order valence-corrected chi connectivity index (χ2v) is 15.1. The first-order chi connectivity index (χ1) is 20.5. The Morgan fingerprint density at radius 2 is 1.42 bits per heavy atom. The number of fused-ring (bicyclic) bond motifs is 1. The van der Waals surface area contributed by atoms with E-state index >= 15 is 4.39 Å². The van der Waals surface area contributed by atoms with Crippen LogP contribution >= 0.6 is 34.8 Å². The quantitative estimate of drug-likeness (QED) is 0.247. The fraction of sp³-hybridized carbons (Fsp3) is 0.931. The van der Waals surface area contributed by atoms with Crippen LogP contribution in [0.1, 0.15) is 96.3 Å². The first kappa shape index (κ1) is 33.5. The number of nitrogens with zero attached hydrogens (tertiary/aromatic N) is 1. The standard InChI is InChI=1S/C29H45Cl3FN3O7/c1-40-28(39)23(33)21(42-27(38)35-18-13-7-3-8-14-18)20(22-24(28)43-25(41-22)29(30,31)32)36(19-15-9-4-10-16-19)26(37)34-17-11-5-2-6-12-17/h17-25,39H,2-16H2,1H3,(H,34,37)(H,35,38)/t20-,21-,22+,23-,24+,25-,28+/m0/s1. The average Bonchev–Trinajstić information content (AvgIpc) is 3.46. The normalized spacial score (nSPS) is 36.5. The molecule has 10 nitrogen and oxygen atoms in total. The van der Waals surface area contributed by atoms with Gasteiger partial charge in [-0.05, 0) is 38.5 Å². The lowest BCUT2D eigenvalue weighted by Gasteiger charge is -2.52. The lowest BCUT2D eigenvalue weighted by molar-refractivity contribution is -0.317. The van der Waals surface area contributed by atoms with Gasteiger partial charge in [0, 0.05) is 25.2 Å². The van der Waals surface area contributed by atoms with E-state index in [1.165, 1.54) is 0 Å². The summed E-state index contributed by atoms with van der Waals surface area (Å²) in [5, 5.41) is 17.6. The zero-order valence-electron chi connectivity index (χ0n) is 24.7. The summed E-state index contributed by atoms with van der Waals surface area (Å²) in [5.74, 6) is -2.63. The predicted molar refractivity (Wildman–Crippen MR) is 159 cm³/mol. The van der Waals surface area contributed by atoms with E-state index < -0.39 is 58.5 Å². The number of methoxy groups -OCH3 is 1. The van der Waals surface area contributed by atoms with Gasteiger partial charge in [0.2, 0.25) is 15.9 Å². The summed E-state index contributed by atoms with van der Waals surface area (Å²) in [7, 11) is 1.11. The molecular weight excluding hydrogens is 628 g/mol. The van der Waals surface area contributed by atoms with E-state index in [0.717, 1.165) is 90.6 Å². The summed E-state index contributed by atoms with van der Waals surface area (Å²) < 4.78 is 37.7. The minimum atomic E-state index is -2.63. The van der Waals surface area contributed by atoms with Gasteiger partial charge in [0.25, 0.3) is 0 Å². The smallest absolute Gasteiger partial charge is 0.407 e. The number of amides is 3. The van der Waals surface area contributed by atoms with Crippen molar-refractivity contribution in [2.24, 2.45) is 0 Å². The lowest BCUT2D eigenvalue weighted by atomic mass is 9.79. The third-order valence-corrected chi connectivity index (χ3v) is 10.4. The van der Waals surface area contributed by atoms with Crippen LogP contribution in [-0.4, -0.2) is 93.8 Å². The van der Waals surface area contributed by atoms with Crippen LogP contribution in [0.4, 0.5) is 14.0 Å². The molecule has 0 spiro atoms. The minimum Gasteiger partial charge on any atom is -0.441 e. The number of hydrogen-bond donors (Lipinski definition) is 3. The number of ether oxygens (including phenoxy) is 4. The highest BCUT2D eigenvalue weighted by atomic mass is 35.6. The fourth-order valence-electron chi connectivity index (χ4n) is 7.60. The summed E-state index contributed by atoms with van der Waals surface area (Å²) in [5.41, 5.74) is 0. The van der Waals surface area contributed by atoms with Gasteiger partial charge in [-0.15, -0.1) is 0 Å². The Morgan fingerprint density at radius 3 is 1.95 bits per heavy atom. The van der Waals surface area contributed by atoms with Crippen molar-refractivity contribution in [3.8, 4) is 0 Å². The molecule has 1 heterocycles. The van der Waals surface area contributed by atoms with E-state index in [2.05, 4.69) is 10.6 Å². The minimum absolute atomic E-state index is 0.0348. The highest BCUT2D eigenvalue weighted by Crippen LogP contribution is 2.49. The summed E-state index contributed by atoms with van der Waals surface area (Å²) in [6, 6.07) is -2.06. The molecule has 5 rings (SSSR count). The lowest BCUT2D eigenvalue weighted by Crippen LogP contribution is -2.75. The second kappa shape index (κ2) is 14.3. The van der Waals surface area contributed by atoms with Crippen molar-refractivity contribution >= 4 is 46.9 Å². The molecule has 14 heteroatoms. The summed E-state index contributed by atoms with van der Waals surface area (Å²) in [4.78, 5) is 29.1. The highest BCUT2D eigenvalue weighted by Gasteiger charge is 2.70. The van der Waals surface area contributed by atoms with E-state index in [4.69, 9.17) is 53.8 Å². The Labute approximate surface area is 267 Å². The Bertz CT molecular complexity index is 962. The molecule has 1 aliphatic heterocycles. The van der Waals surface area contributed by atoms with E-state index in [1.54, 1.807) is 4.90 Å². The van der Waals surface area contributed by atoms with Gasteiger partial charge in [-0.2, -0.15) is 0 Å². The molecule has 0 bridgehead atoms. The van der Waals surface area contributed by atoms with Crippen LogP contribution < -0.4 is 10.6 Å². The van der Waals surface area contributed by atoms with Crippen molar-refractivity contribution in [1.29, 1.82) is 0 Å². The Kier molecular flexibility index (Phi) is 11.2. The van der Waals surface area contributed by atoms with E-state index in [9.17, 15) is 14.7 Å². The molecule has 4 saturated carbocycles. The molecule has 246 valence electrons. The monoisotopic (exact) mass is 671 g/mol. The number of aliphatic hydroxyl groups is 1. The van der Waals surface area contributed by atoms with Crippen LogP contribution in [0.3, 0.4) is 0 Å². The first-order valence-corrected chi connectivity index (χ1v) is 17.0. The topological polar surface area (TPSA) is 119 Å². The van der Waals surface area contributed by atoms with Gasteiger partial charge in [-0.25, -0.2) is 14.0 Å². The van der Waals surface area contributed by atoms with Crippen LogP contribution in [0.2, 0.25) is 0 Å². The van der Waals surface area contributed by atoms with E-state index in [1.807, 2.05) is 0 Å². The Hall–Kier alpha value is -0.820. The van der Waals surface area contributed by atoms with Crippen molar-refractivity contribution in [2.75, 3.05) is 7.11 Å². The van der Waals surface area contributed by atoms with Crippen molar-refractivity contribution in [1.82, 2.24) is 15.5 Å². The SMILES string of the molecule is CO[C@@]1(O)[C@@H]2O[C@@H](C(Cl)(Cl)Cl)O[C@@H]2[C@@H](N(C(=O)NC2CCCCC2)C2CCCCC2)[C@H](OC(=O)NC2CCCCC2)[C@@H]1F. The third kappa shape index (κ3) is 7.44. The van der Waals surface area contributed by atoms with Crippen LogP contribution in [0.15, 0.2) is 0 Å². The predicted octanol–water partition coefficient (Wildman–Crippen LogP) is 5.63. The molecule has 43 heavy (non-hydrogen) atoms. The van der Waals surface area contributed by atoms with Crippen LogP contribution in [-0.2, 0) is 18.9 Å². The molecular formula is C29H45Cl3FN3O7. The van der Waals surface area contributed by atoms with Gasteiger partial charge < -0.3 is 39.6 Å². The van der Waals surface area contributed by atoms with Gasteiger partial charge in [0.1, 0.15) is 18.2 Å². The van der Waals surface area contributed by atoms with Gasteiger partial charge >= 0.3 is 12.1 Å². The fourth-order valence-corrected chi connectivity index (χ4v) is 7.91. The molecule has 0 aromatic heterocycles. The van der Waals surface area contributed by atoms with Crippen molar-refractivity contribution in [3.63, 3.8) is 0 Å². The van der Waals surface area contributed by atoms with Crippen molar-refractivity contribution in [3.05, 3.63) is 0 Å². The molecule has 7 atom stereocenters. The number of alkyl carbamates (subject to hydrolysis) is 1. The molecule has 5 fully saturated rings. The number of carbonyl (C=O) groups excluding carboxylic acids is 2.